The third kappa shape index (κ3) is 4.11. The third-order valence-corrected chi connectivity index (χ3v) is 5.47. The minimum Gasteiger partial charge on any atom is -0.339 e. The van der Waals surface area contributed by atoms with Gasteiger partial charge in [-0.2, -0.15) is 5.10 Å². The molecule has 1 aliphatic rings. The molecule has 0 bridgehead atoms. The van der Waals surface area contributed by atoms with Crippen molar-refractivity contribution in [3.63, 3.8) is 0 Å². The summed E-state index contributed by atoms with van der Waals surface area (Å²) in [5, 5.41) is 4.27. The predicted molar refractivity (Wildman–Crippen MR) is 107 cm³/mol. The fourth-order valence-electron chi connectivity index (χ4n) is 3.88. The molecule has 138 valence electrons. The number of amides is 1. The van der Waals surface area contributed by atoms with Crippen molar-refractivity contribution in [1.29, 1.82) is 0 Å². The lowest BCUT2D eigenvalue weighted by Gasteiger charge is -2.32. The van der Waals surface area contributed by atoms with Crippen molar-refractivity contribution in [2.75, 3.05) is 13.1 Å². The van der Waals surface area contributed by atoms with Crippen molar-refractivity contribution in [3.05, 3.63) is 78.6 Å². The molecule has 27 heavy (non-hydrogen) atoms. The predicted octanol–water partition coefficient (Wildman–Crippen LogP) is 4.49. The first kappa shape index (κ1) is 17.5. The molecule has 0 N–H and O–H groups in total. The quantitative estimate of drug-likeness (QED) is 0.673. The minimum absolute atomic E-state index is 0.153. The van der Waals surface area contributed by atoms with E-state index >= 15 is 0 Å². The monoisotopic (exact) mass is 359 g/mol. The summed E-state index contributed by atoms with van der Waals surface area (Å²) in [5.74, 6) is 0.822. The van der Waals surface area contributed by atoms with Crippen LogP contribution in [0.2, 0.25) is 0 Å². The van der Waals surface area contributed by atoms with Gasteiger partial charge in [0.1, 0.15) is 0 Å². The lowest BCUT2D eigenvalue weighted by Crippen LogP contribution is -2.38. The Morgan fingerprint density at radius 1 is 0.963 bits per heavy atom. The molecule has 0 atom stereocenters. The number of aromatic nitrogens is 2. The molecular formula is C23H25N3O. The molecule has 0 unspecified atom stereocenters. The second-order valence-corrected chi connectivity index (χ2v) is 7.20. The third-order valence-electron chi connectivity index (χ3n) is 5.47. The normalized spacial score (nSPS) is 15.0. The fraction of sp³-hybridized carbons (Fsp3) is 0.304. The molecule has 3 aromatic rings. The Hall–Kier alpha value is -2.88. The highest BCUT2D eigenvalue weighted by atomic mass is 16.2. The van der Waals surface area contributed by atoms with Gasteiger partial charge < -0.3 is 4.90 Å². The summed E-state index contributed by atoms with van der Waals surface area (Å²) in [6.07, 6.45) is 7.11. The van der Waals surface area contributed by atoms with E-state index in [0.717, 1.165) is 55.6 Å². The highest BCUT2D eigenvalue weighted by Gasteiger charge is 2.25. The second kappa shape index (κ2) is 8.21. The molecule has 0 aliphatic carbocycles. The molecule has 0 radical (unpaired) electrons. The summed E-state index contributed by atoms with van der Waals surface area (Å²) in [7, 11) is 0. The van der Waals surface area contributed by atoms with Gasteiger partial charge in [0.15, 0.2) is 0 Å². The topological polar surface area (TPSA) is 38.1 Å². The van der Waals surface area contributed by atoms with Gasteiger partial charge in [0, 0.05) is 37.6 Å². The first-order valence-electron chi connectivity index (χ1n) is 9.72. The average Bonchev–Trinajstić information content (AvgIpc) is 3.26. The van der Waals surface area contributed by atoms with E-state index in [2.05, 4.69) is 17.2 Å². The van der Waals surface area contributed by atoms with Crippen LogP contribution in [-0.4, -0.2) is 33.7 Å². The van der Waals surface area contributed by atoms with Crippen molar-refractivity contribution >= 4 is 5.91 Å². The number of aryl methyl sites for hydroxylation is 1. The Morgan fingerprint density at radius 3 is 2.44 bits per heavy atom. The van der Waals surface area contributed by atoms with Crippen LogP contribution in [0.5, 0.6) is 0 Å². The maximum Gasteiger partial charge on any atom is 0.254 e. The van der Waals surface area contributed by atoms with E-state index in [4.69, 9.17) is 0 Å². The average molecular weight is 359 g/mol. The standard InChI is InChI=1S/C23H25N3O/c27-23(22-10-5-4-9-21(22)20-7-2-1-3-8-20)25-16-11-19(12-17-25)13-18-26-15-6-14-24-26/h1-10,14-15,19H,11-13,16-18H2. The van der Waals surface area contributed by atoms with Crippen LogP contribution in [0.3, 0.4) is 0 Å². The van der Waals surface area contributed by atoms with Crippen LogP contribution in [0.15, 0.2) is 73.1 Å². The van der Waals surface area contributed by atoms with Gasteiger partial charge in [-0.3, -0.25) is 9.48 Å². The number of piperidine rings is 1. The molecule has 2 heterocycles. The largest absolute Gasteiger partial charge is 0.339 e. The number of hydrogen-bond donors (Lipinski definition) is 0. The molecule has 1 aliphatic heterocycles. The zero-order valence-corrected chi connectivity index (χ0v) is 15.5. The lowest BCUT2D eigenvalue weighted by atomic mass is 9.92. The Bertz CT molecular complexity index is 866. The van der Waals surface area contributed by atoms with Gasteiger partial charge in [0.25, 0.3) is 5.91 Å². The van der Waals surface area contributed by atoms with E-state index in [1.54, 1.807) is 0 Å². The molecular weight excluding hydrogens is 334 g/mol. The summed E-state index contributed by atoms with van der Waals surface area (Å²) >= 11 is 0. The van der Waals surface area contributed by atoms with Crippen LogP contribution in [0.25, 0.3) is 11.1 Å². The summed E-state index contributed by atoms with van der Waals surface area (Å²) in [6.45, 7) is 2.64. The van der Waals surface area contributed by atoms with E-state index in [9.17, 15) is 4.79 Å². The van der Waals surface area contributed by atoms with Gasteiger partial charge in [0.2, 0.25) is 0 Å². The highest BCUT2D eigenvalue weighted by Crippen LogP contribution is 2.27. The first-order valence-corrected chi connectivity index (χ1v) is 9.72. The maximum atomic E-state index is 13.2. The van der Waals surface area contributed by atoms with Gasteiger partial charge in [-0.25, -0.2) is 0 Å². The minimum atomic E-state index is 0.153. The SMILES string of the molecule is O=C(c1ccccc1-c1ccccc1)N1CCC(CCn2cccn2)CC1. The van der Waals surface area contributed by atoms with Crippen molar-refractivity contribution in [2.45, 2.75) is 25.8 Å². The van der Waals surface area contributed by atoms with Crippen molar-refractivity contribution in [3.8, 4) is 11.1 Å². The van der Waals surface area contributed by atoms with Gasteiger partial charge in [-0.05, 0) is 48.4 Å². The van der Waals surface area contributed by atoms with Crippen LogP contribution < -0.4 is 0 Å². The lowest BCUT2D eigenvalue weighted by molar-refractivity contribution is 0.0685. The molecule has 0 spiro atoms. The van der Waals surface area contributed by atoms with Crippen LogP contribution in [0.1, 0.15) is 29.6 Å². The smallest absolute Gasteiger partial charge is 0.254 e. The molecule has 0 saturated carbocycles. The van der Waals surface area contributed by atoms with Crippen molar-refractivity contribution in [1.82, 2.24) is 14.7 Å². The molecule has 1 amide bonds. The summed E-state index contributed by atoms with van der Waals surface area (Å²) < 4.78 is 1.99. The number of likely N-dealkylation sites (tertiary alicyclic amines) is 1. The first-order chi connectivity index (χ1) is 13.3. The fourth-order valence-corrected chi connectivity index (χ4v) is 3.88. The number of nitrogens with zero attached hydrogens (tertiary/aromatic N) is 3. The van der Waals surface area contributed by atoms with Crippen LogP contribution in [-0.2, 0) is 6.54 Å². The molecule has 2 aromatic carbocycles. The van der Waals surface area contributed by atoms with Crippen LogP contribution >= 0.6 is 0 Å². The van der Waals surface area contributed by atoms with E-state index in [1.165, 1.54) is 0 Å². The van der Waals surface area contributed by atoms with Gasteiger partial charge in [-0.15, -0.1) is 0 Å². The van der Waals surface area contributed by atoms with Crippen LogP contribution in [0, 0.1) is 5.92 Å². The van der Waals surface area contributed by atoms with E-state index in [-0.39, 0.29) is 5.91 Å². The number of carbonyl (C=O) groups excluding carboxylic acids is 1. The molecule has 4 heteroatoms. The molecule has 1 fully saturated rings. The Kier molecular flexibility index (Phi) is 5.33. The summed E-state index contributed by atoms with van der Waals surface area (Å²) in [5.41, 5.74) is 2.91. The number of hydrogen-bond acceptors (Lipinski definition) is 2. The van der Waals surface area contributed by atoms with Gasteiger partial charge >= 0.3 is 0 Å². The van der Waals surface area contributed by atoms with Gasteiger partial charge in [0.05, 0.1) is 0 Å². The maximum absolute atomic E-state index is 13.2. The van der Waals surface area contributed by atoms with Crippen molar-refractivity contribution < 1.29 is 4.79 Å². The second-order valence-electron chi connectivity index (χ2n) is 7.20. The molecule has 1 saturated heterocycles. The van der Waals surface area contributed by atoms with E-state index in [0.29, 0.717) is 5.92 Å². The summed E-state index contributed by atoms with van der Waals surface area (Å²) in [4.78, 5) is 15.2. The Labute approximate surface area is 160 Å². The zero-order chi connectivity index (χ0) is 18.5. The number of rotatable bonds is 5. The van der Waals surface area contributed by atoms with Gasteiger partial charge in [-0.1, -0.05) is 48.5 Å². The highest BCUT2D eigenvalue weighted by molar-refractivity contribution is 6.00. The molecule has 1 aromatic heterocycles. The van der Waals surface area contributed by atoms with E-state index < -0.39 is 0 Å². The van der Waals surface area contributed by atoms with Crippen molar-refractivity contribution in [2.24, 2.45) is 5.92 Å². The summed E-state index contributed by atoms with van der Waals surface area (Å²) in [6, 6.07) is 20.1. The zero-order valence-electron chi connectivity index (χ0n) is 15.5. The Morgan fingerprint density at radius 2 is 1.70 bits per heavy atom. The van der Waals surface area contributed by atoms with E-state index in [1.807, 2.05) is 70.5 Å². The molecule has 4 rings (SSSR count). The number of carbonyl (C=O) groups is 1. The Balaban J connectivity index is 1.40. The van der Waals surface area contributed by atoms with Crippen LogP contribution in [0.4, 0.5) is 0 Å². The molecule has 4 nitrogen and oxygen atoms in total. The number of benzene rings is 2.